The number of carbonyl (C=O) groups is 1. The molecule has 0 fully saturated rings. The summed E-state index contributed by atoms with van der Waals surface area (Å²) in [5.41, 5.74) is 7.64. The number of nitrogens with two attached hydrogens (primary N) is 1. The molecule has 9 nitrogen and oxygen atoms in total. The van der Waals surface area contributed by atoms with Gasteiger partial charge in [0, 0.05) is 40.8 Å². The van der Waals surface area contributed by atoms with Crippen LogP contribution in [0.2, 0.25) is 0 Å². The van der Waals surface area contributed by atoms with Crippen LogP contribution in [0.4, 0.5) is 17.3 Å². The number of rotatable bonds is 8. The van der Waals surface area contributed by atoms with Crippen LogP contribution in [0, 0.1) is 0 Å². The van der Waals surface area contributed by atoms with Crippen molar-refractivity contribution in [2.75, 3.05) is 31.3 Å². The molecule has 0 radical (unpaired) electrons. The summed E-state index contributed by atoms with van der Waals surface area (Å²) in [5, 5.41) is 16.4. The first-order valence-electron chi connectivity index (χ1n) is 10.2. The number of methoxy groups -OCH3 is 1. The van der Waals surface area contributed by atoms with E-state index >= 15 is 0 Å². The molecule has 5 N–H and O–H groups in total. The third kappa shape index (κ3) is 4.94. The second-order valence-corrected chi connectivity index (χ2v) is 7.04. The molecular weight excluding hydrogens is 422 g/mol. The van der Waals surface area contributed by atoms with E-state index in [9.17, 15) is 4.79 Å². The molecule has 0 atom stereocenters. The number of nitrogens with one attached hydrogen (secondary N) is 2. The van der Waals surface area contributed by atoms with Crippen LogP contribution in [0.3, 0.4) is 0 Å². The second kappa shape index (κ2) is 9.84. The Morgan fingerprint density at radius 1 is 1.06 bits per heavy atom. The number of fused-ring (bicyclic) bond motifs is 1. The lowest BCUT2D eigenvalue weighted by molar-refractivity contribution is 0.0945. The van der Waals surface area contributed by atoms with E-state index in [0.29, 0.717) is 34.3 Å². The highest BCUT2D eigenvalue weighted by atomic mass is 16.5. The van der Waals surface area contributed by atoms with E-state index in [-0.39, 0.29) is 25.0 Å². The number of benzene rings is 3. The summed E-state index contributed by atoms with van der Waals surface area (Å²) < 4.78 is 11.4. The molecule has 0 saturated carbocycles. The van der Waals surface area contributed by atoms with Crippen LogP contribution < -0.4 is 25.8 Å². The number of hydrogen-bond acceptors (Lipinski definition) is 8. The van der Waals surface area contributed by atoms with Gasteiger partial charge in [-0.15, -0.1) is 0 Å². The minimum Gasteiger partial charge on any atom is -0.495 e. The third-order valence-corrected chi connectivity index (χ3v) is 4.87. The summed E-state index contributed by atoms with van der Waals surface area (Å²) in [6, 6.07) is 17.8. The van der Waals surface area contributed by atoms with Crippen molar-refractivity contribution in [1.29, 1.82) is 0 Å². The summed E-state index contributed by atoms with van der Waals surface area (Å²) in [7, 11) is 1.53. The zero-order valence-electron chi connectivity index (χ0n) is 17.9. The van der Waals surface area contributed by atoms with Gasteiger partial charge in [0.2, 0.25) is 11.8 Å². The molecule has 0 spiro atoms. The summed E-state index contributed by atoms with van der Waals surface area (Å²) in [6.45, 7) is 0.0207. The van der Waals surface area contributed by atoms with Crippen LogP contribution >= 0.6 is 0 Å². The van der Waals surface area contributed by atoms with Crippen molar-refractivity contribution >= 4 is 34.0 Å². The quantitative estimate of drug-likeness (QED) is 0.303. The van der Waals surface area contributed by atoms with Crippen molar-refractivity contribution in [3.63, 3.8) is 0 Å². The minimum absolute atomic E-state index is 0.142. The highest BCUT2D eigenvalue weighted by Gasteiger charge is 2.12. The molecule has 4 aromatic rings. The predicted molar refractivity (Wildman–Crippen MR) is 126 cm³/mol. The van der Waals surface area contributed by atoms with E-state index in [1.165, 1.54) is 7.11 Å². The van der Waals surface area contributed by atoms with Gasteiger partial charge < -0.3 is 30.9 Å². The van der Waals surface area contributed by atoms with Crippen molar-refractivity contribution in [3.05, 3.63) is 72.4 Å². The van der Waals surface area contributed by atoms with Crippen LogP contribution in [0.1, 0.15) is 10.4 Å². The lowest BCUT2D eigenvalue weighted by Crippen LogP contribution is -2.26. The molecular formula is C24H23N5O4. The first kappa shape index (κ1) is 21.8. The fourth-order valence-corrected chi connectivity index (χ4v) is 3.29. The van der Waals surface area contributed by atoms with Crippen molar-refractivity contribution in [1.82, 2.24) is 15.3 Å². The Balaban J connectivity index is 1.59. The summed E-state index contributed by atoms with van der Waals surface area (Å²) in [4.78, 5) is 20.9. The number of nitrogens with zero attached hydrogens (tertiary/aromatic N) is 2. The molecule has 0 aliphatic heterocycles. The van der Waals surface area contributed by atoms with E-state index in [1.54, 1.807) is 42.6 Å². The molecule has 0 saturated heterocycles. The van der Waals surface area contributed by atoms with Gasteiger partial charge in [-0.2, -0.15) is 4.98 Å². The summed E-state index contributed by atoms with van der Waals surface area (Å²) in [6.07, 6.45) is 1.56. The van der Waals surface area contributed by atoms with Crippen molar-refractivity contribution in [2.24, 2.45) is 0 Å². The fourth-order valence-electron chi connectivity index (χ4n) is 3.29. The van der Waals surface area contributed by atoms with E-state index in [0.717, 1.165) is 10.8 Å². The van der Waals surface area contributed by atoms with Crippen molar-refractivity contribution in [2.45, 2.75) is 0 Å². The normalized spacial score (nSPS) is 10.6. The molecule has 0 unspecified atom stereocenters. The van der Waals surface area contributed by atoms with Crippen LogP contribution in [-0.2, 0) is 0 Å². The smallest absolute Gasteiger partial charge is 0.251 e. The predicted octanol–water partition coefficient (Wildman–Crippen LogP) is 3.48. The van der Waals surface area contributed by atoms with Crippen LogP contribution in [-0.4, -0.2) is 41.2 Å². The average molecular weight is 445 g/mol. The molecule has 0 bridgehead atoms. The zero-order valence-corrected chi connectivity index (χ0v) is 17.9. The average Bonchev–Trinajstić information content (AvgIpc) is 2.84. The molecule has 0 aliphatic rings. The van der Waals surface area contributed by atoms with Crippen LogP contribution in [0.15, 0.2) is 66.9 Å². The molecule has 1 amide bonds. The summed E-state index contributed by atoms with van der Waals surface area (Å²) >= 11 is 0. The number of aliphatic hydroxyl groups excluding tert-OH is 1. The van der Waals surface area contributed by atoms with E-state index < -0.39 is 0 Å². The minimum atomic E-state index is -0.317. The Kier molecular flexibility index (Phi) is 6.51. The maximum Gasteiger partial charge on any atom is 0.251 e. The van der Waals surface area contributed by atoms with Crippen LogP contribution in [0.25, 0.3) is 10.8 Å². The van der Waals surface area contributed by atoms with Gasteiger partial charge in [-0.1, -0.05) is 24.3 Å². The van der Waals surface area contributed by atoms with Gasteiger partial charge in [0.25, 0.3) is 5.91 Å². The molecule has 0 aliphatic carbocycles. The number of anilines is 3. The lowest BCUT2D eigenvalue weighted by Gasteiger charge is -2.13. The monoisotopic (exact) mass is 445 g/mol. The van der Waals surface area contributed by atoms with Crippen LogP contribution in [0.5, 0.6) is 17.4 Å². The van der Waals surface area contributed by atoms with Crippen molar-refractivity contribution < 1.29 is 19.4 Å². The third-order valence-electron chi connectivity index (χ3n) is 4.87. The first-order valence-corrected chi connectivity index (χ1v) is 10.2. The Morgan fingerprint density at radius 3 is 2.64 bits per heavy atom. The first-order chi connectivity index (χ1) is 16.1. The SMILES string of the molecule is COc1ccc(C(=O)NCCO)cc1Nc1nccc(Oc2ccc(N)c3ccccc23)n1. The second-order valence-electron chi connectivity index (χ2n) is 7.04. The fraction of sp³-hybridized carbons (Fsp3) is 0.125. The number of nitrogen functional groups attached to an aromatic ring is 1. The Labute approximate surface area is 190 Å². The standard InChI is InChI=1S/C24H23N5O4/c1-32-21-8-6-15(23(31)26-12-13-30)14-19(21)28-24-27-11-10-22(29-24)33-20-9-7-18(25)16-4-2-3-5-17(16)20/h2-11,14,30H,12-13,25H2,1H3,(H,26,31)(H,27,28,29). The van der Waals surface area contributed by atoms with Gasteiger partial charge in [0.1, 0.15) is 11.5 Å². The number of aliphatic hydroxyl groups is 1. The summed E-state index contributed by atoms with van der Waals surface area (Å²) in [5.74, 6) is 1.40. The topological polar surface area (TPSA) is 132 Å². The maximum atomic E-state index is 12.2. The molecule has 4 rings (SSSR count). The number of ether oxygens (including phenoxy) is 2. The highest BCUT2D eigenvalue weighted by molar-refractivity contribution is 5.97. The van der Waals surface area contributed by atoms with Gasteiger partial charge >= 0.3 is 0 Å². The molecule has 3 aromatic carbocycles. The number of aromatic nitrogens is 2. The number of carbonyl (C=O) groups excluding carboxylic acids is 1. The lowest BCUT2D eigenvalue weighted by atomic mass is 10.1. The molecule has 33 heavy (non-hydrogen) atoms. The Hall–Kier alpha value is -4.37. The molecule has 1 aromatic heterocycles. The largest absolute Gasteiger partial charge is 0.495 e. The highest BCUT2D eigenvalue weighted by Crippen LogP contribution is 2.33. The van der Waals surface area contributed by atoms with Gasteiger partial charge in [-0.05, 0) is 30.3 Å². The molecule has 9 heteroatoms. The number of amides is 1. The zero-order chi connectivity index (χ0) is 23.2. The van der Waals surface area contributed by atoms with Gasteiger partial charge in [0.15, 0.2) is 0 Å². The maximum absolute atomic E-state index is 12.2. The van der Waals surface area contributed by atoms with E-state index in [4.69, 9.17) is 20.3 Å². The Bertz CT molecular complexity index is 1300. The van der Waals surface area contributed by atoms with Gasteiger partial charge in [-0.25, -0.2) is 4.98 Å². The molecule has 1 heterocycles. The van der Waals surface area contributed by atoms with Gasteiger partial charge in [0.05, 0.1) is 19.4 Å². The van der Waals surface area contributed by atoms with Gasteiger partial charge in [-0.3, -0.25) is 4.79 Å². The van der Waals surface area contributed by atoms with Crippen molar-refractivity contribution in [3.8, 4) is 17.4 Å². The van der Waals surface area contributed by atoms with E-state index in [1.807, 2.05) is 24.3 Å². The molecule has 168 valence electrons. The number of hydrogen-bond donors (Lipinski definition) is 4. The Morgan fingerprint density at radius 2 is 1.85 bits per heavy atom. The van der Waals surface area contributed by atoms with E-state index in [2.05, 4.69) is 20.6 Å².